The molecule has 0 aliphatic heterocycles. The van der Waals surface area contributed by atoms with Crippen LogP contribution in [0.3, 0.4) is 0 Å². The minimum absolute atomic E-state index is 0.140. The lowest BCUT2D eigenvalue weighted by atomic mass is 9.77. The molecule has 1 aliphatic rings. The van der Waals surface area contributed by atoms with Gasteiger partial charge >= 0.3 is 0 Å². The molecule has 0 bridgehead atoms. The predicted octanol–water partition coefficient (Wildman–Crippen LogP) is 3.76. The number of nitrogens with zero attached hydrogens (tertiary/aromatic N) is 3. The molecule has 3 aromatic heterocycles. The third-order valence-corrected chi connectivity index (χ3v) is 6.05. The summed E-state index contributed by atoms with van der Waals surface area (Å²) in [6.07, 6.45) is 7.31. The van der Waals surface area contributed by atoms with E-state index in [1.54, 1.807) is 12.3 Å². The fraction of sp³-hybridized carbons (Fsp3) is 0.435. The number of hydrogen-bond donors (Lipinski definition) is 2. The van der Waals surface area contributed by atoms with E-state index in [1.807, 2.05) is 55.6 Å². The second-order valence-electron chi connectivity index (χ2n) is 8.58. The Labute approximate surface area is 171 Å². The Morgan fingerprint density at radius 3 is 2.59 bits per heavy atom. The van der Waals surface area contributed by atoms with E-state index in [0.717, 1.165) is 48.3 Å². The highest BCUT2D eigenvalue weighted by Gasteiger charge is 2.31. The van der Waals surface area contributed by atoms with Crippen LogP contribution >= 0.6 is 0 Å². The second kappa shape index (κ2) is 7.59. The summed E-state index contributed by atoms with van der Waals surface area (Å²) in [5, 5.41) is 13.3. The Morgan fingerprint density at radius 2 is 1.93 bits per heavy atom. The minimum atomic E-state index is -0.651. The van der Waals surface area contributed by atoms with Crippen LogP contribution in [0.15, 0.2) is 42.7 Å². The summed E-state index contributed by atoms with van der Waals surface area (Å²) in [4.78, 5) is 21.7. The van der Waals surface area contributed by atoms with Crippen molar-refractivity contribution in [1.29, 1.82) is 0 Å². The van der Waals surface area contributed by atoms with E-state index in [0.29, 0.717) is 11.6 Å². The van der Waals surface area contributed by atoms with Crippen molar-refractivity contribution >= 4 is 11.4 Å². The summed E-state index contributed by atoms with van der Waals surface area (Å²) in [5.41, 5.74) is 2.66. The van der Waals surface area contributed by atoms with E-state index in [-0.39, 0.29) is 11.9 Å². The van der Waals surface area contributed by atoms with Gasteiger partial charge in [-0.05, 0) is 76.6 Å². The van der Waals surface area contributed by atoms with Crippen LogP contribution in [0, 0.1) is 12.8 Å². The number of nitrogens with one attached hydrogen (secondary N) is 1. The van der Waals surface area contributed by atoms with Crippen LogP contribution in [-0.2, 0) is 0 Å². The molecule has 1 amide bonds. The maximum atomic E-state index is 12.6. The van der Waals surface area contributed by atoms with Crippen LogP contribution in [-0.4, -0.2) is 37.0 Å². The van der Waals surface area contributed by atoms with Gasteiger partial charge in [0.25, 0.3) is 5.91 Å². The molecule has 1 fully saturated rings. The molecular formula is C23H28N4O2. The molecule has 4 rings (SSSR count). The Hall–Kier alpha value is -2.73. The van der Waals surface area contributed by atoms with E-state index in [9.17, 15) is 9.90 Å². The number of imidazole rings is 1. The molecular weight excluding hydrogens is 364 g/mol. The van der Waals surface area contributed by atoms with Crippen molar-refractivity contribution in [2.24, 2.45) is 5.92 Å². The number of aryl methyl sites for hydroxylation is 1. The van der Waals surface area contributed by atoms with Crippen molar-refractivity contribution in [2.75, 3.05) is 0 Å². The van der Waals surface area contributed by atoms with Gasteiger partial charge in [0.1, 0.15) is 11.5 Å². The van der Waals surface area contributed by atoms with E-state index in [4.69, 9.17) is 0 Å². The summed E-state index contributed by atoms with van der Waals surface area (Å²) < 4.78 is 2.03. The molecule has 6 nitrogen and oxygen atoms in total. The summed E-state index contributed by atoms with van der Waals surface area (Å²) in [6, 6.07) is 9.80. The number of fused-ring (bicyclic) bond motifs is 1. The molecule has 0 aromatic carbocycles. The quantitative estimate of drug-likeness (QED) is 0.708. The van der Waals surface area contributed by atoms with E-state index >= 15 is 0 Å². The van der Waals surface area contributed by atoms with Crippen LogP contribution in [0.1, 0.15) is 55.7 Å². The first-order valence-electron chi connectivity index (χ1n) is 10.3. The zero-order valence-corrected chi connectivity index (χ0v) is 17.2. The van der Waals surface area contributed by atoms with Crippen molar-refractivity contribution < 1.29 is 9.90 Å². The molecule has 1 aliphatic carbocycles. The number of carbonyl (C=O) groups is 1. The number of carbonyl (C=O) groups excluding carboxylic acids is 1. The fourth-order valence-electron chi connectivity index (χ4n) is 4.26. The number of hydrogen-bond acceptors (Lipinski definition) is 4. The molecule has 3 aromatic rings. The lowest BCUT2D eigenvalue weighted by Crippen LogP contribution is -2.42. The molecule has 0 radical (unpaired) electrons. The summed E-state index contributed by atoms with van der Waals surface area (Å²) in [7, 11) is 0. The molecule has 0 unspecified atom stereocenters. The second-order valence-corrected chi connectivity index (χ2v) is 8.58. The van der Waals surface area contributed by atoms with Gasteiger partial charge in [-0.25, -0.2) is 4.98 Å². The SMILES string of the molecule is Cc1nc(-c2ccc(C(=O)NC3CCC(C(C)(C)O)CC3)nc2)n2ccccc12. The third-order valence-electron chi connectivity index (χ3n) is 6.05. The van der Waals surface area contributed by atoms with Crippen molar-refractivity contribution in [3.8, 4) is 11.4 Å². The molecule has 6 heteroatoms. The summed E-state index contributed by atoms with van der Waals surface area (Å²) in [6.45, 7) is 5.72. The van der Waals surface area contributed by atoms with Crippen molar-refractivity contribution in [3.63, 3.8) is 0 Å². The minimum Gasteiger partial charge on any atom is -0.390 e. The first-order chi connectivity index (χ1) is 13.8. The predicted molar refractivity (Wildman–Crippen MR) is 113 cm³/mol. The molecule has 1 saturated carbocycles. The smallest absolute Gasteiger partial charge is 0.270 e. The topological polar surface area (TPSA) is 79.5 Å². The largest absolute Gasteiger partial charge is 0.390 e. The van der Waals surface area contributed by atoms with Gasteiger partial charge in [-0.15, -0.1) is 0 Å². The maximum absolute atomic E-state index is 12.6. The lowest BCUT2D eigenvalue weighted by molar-refractivity contribution is -0.00258. The molecule has 152 valence electrons. The monoisotopic (exact) mass is 392 g/mol. The normalized spacial score (nSPS) is 20.0. The number of aliphatic hydroxyl groups is 1. The Bertz CT molecular complexity index is 1010. The molecule has 0 saturated heterocycles. The lowest BCUT2D eigenvalue weighted by Gasteiger charge is -2.36. The summed E-state index contributed by atoms with van der Waals surface area (Å²) >= 11 is 0. The van der Waals surface area contributed by atoms with E-state index < -0.39 is 5.60 Å². The average molecular weight is 393 g/mol. The first-order valence-corrected chi connectivity index (χ1v) is 10.3. The Balaban J connectivity index is 1.44. The van der Waals surface area contributed by atoms with Gasteiger partial charge < -0.3 is 10.4 Å². The molecule has 0 spiro atoms. The fourth-order valence-corrected chi connectivity index (χ4v) is 4.26. The van der Waals surface area contributed by atoms with E-state index in [1.165, 1.54) is 0 Å². The highest BCUT2D eigenvalue weighted by atomic mass is 16.3. The van der Waals surface area contributed by atoms with Crippen molar-refractivity contribution in [3.05, 3.63) is 54.1 Å². The molecule has 3 heterocycles. The van der Waals surface area contributed by atoms with Gasteiger partial charge in [-0.1, -0.05) is 6.07 Å². The zero-order chi connectivity index (χ0) is 20.6. The van der Waals surface area contributed by atoms with Crippen LogP contribution in [0.25, 0.3) is 16.9 Å². The van der Waals surface area contributed by atoms with Gasteiger partial charge in [0, 0.05) is 24.0 Å². The first kappa shape index (κ1) is 19.6. The number of pyridine rings is 2. The van der Waals surface area contributed by atoms with Crippen LogP contribution in [0.5, 0.6) is 0 Å². The maximum Gasteiger partial charge on any atom is 0.270 e. The summed E-state index contributed by atoms with van der Waals surface area (Å²) in [5.74, 6) is 0.968. The van der Waals surface area contributed by atoms with Crippen LogP contribution in [0.4, 0.5) is 0 Å². The third kappa shape index (κ3) is 4.03. The standard InChI is InChI=1S/C23H28N4O2/c1-15-20-6-4-5-13-27(20)21(25-15)16-7-12-19(24-14-16)22(28)26-18-10-8-17(9-11-18)23(2,3)29/h4-7,12-14,17-18,29H,8-11H2,1-3H3,(H,26,28). The Morgan fingerprint density at radius 1 is 1.17 bits per heavy atom. The number of rotatable bonds is 4. The number of aromatic nitrogens is 3. The molecule has 29 heavy (non-hydrogen) atoms. The molecule has 2 N–H and O–H groups in total. The van der Waals surface area contributed by atoms with Gasteiger partial charge in [-0.2, -0.15) is 0 Å². The van der Waals surface area contributed by atoms with Gasteiger partial charge in [0.2, 0.25) is 0 Å². The molecule has 0 atom stereocenters. The highest BCUT2D eigenvalue weighted by molar-refractivity contribution is 5.92. The van der Waals surface area contributed by atoms with Crippen molar-refractivity contribution in [2.45, 2.75) is 58.1 Å². The average Bonchev–Trinajstić information content (AvgIpc) is 3.05. The van der Waals surface area contributed by atoms with Crippen molar-refractivity contribution in [1.82, 2.24) is 19.7 Å². The van der Waals surface area contributed by atoms with Crippen LogP contribution < -0.4 is 5.32 Å². The van der Waals surface area contributed by atoms with Crippen LogP contribution in [0.2, 0.25) is 0 Å². The van der Waals surface area contributed by atoms with Gasteiger partial charge in [-0.3, -0.25) is 14.2 Å². The highest BCUT2D eigenvalue weighted by Crippen LogP contribution is 2.32. The number of amides is 1. The van der Waals surface area contributed by atoms with Gasteiger partial charge in [0.15, 0.2) is 0 Å². The van der Waals surface area contributed by atoms with E-state index in [2.05, 4.69) is 15.3 Å². The Kier molecular flexibility index (Phi) is 5.13. The zero-order valence-electron chi connectivity index (χ0n) is 17.2. The van der Waals surface area contributed by atoms with Gasteiger partial charge in [0.05, 0.1) is 16.8 Å².